The zero-order valence-corrected chi connectivity index (χ0v) is 7.11. The summed E-state index contributed by atoms with van der Waals surface area (Å²) >= 11 is 0. The molecule has 0 bridgehead atoms. The van der Waals surface area contributed by atoms with Crippen LogP contribution < -0.4 is 0 Å². The molecule has 0 saturated carbocycles. The third-order valence-corrected chi connectivity index (χ3v) is 0.805. The number of rotatable bonds is 3. The summed E-state index contributed by atoms with van der Waals surface area (Å²) in [6.07, 6.45) is -4.53. The molecule has 0 amide bonds. The first-order valence-corrected chi connectivity index (χ1v) is 2.28. The molecule has 0 spiro atoms. The van der Waals surface area contributed by atoms with Crippen molar-refractivity contribution >= 4 is 11.9 Å². The van der Waals surface area contributed by atoms with Crippen molar-refractivity contribution in [3.63, 3.8) is 0 Å². The van der Waals surface area contributed by atoms with Crippen molar-refractivity contribution < 1.29 is 68.2 Å². The minimum absolute atomic E-state index is 0. The normalized spacial score (nSPS) is 14.4. The van der Waals surface area contributed by atoms with E-state index in [1.165, 1.54) is 0 Å². The van der Waals surface area contributed by atoms with E-state index < -0.39 is 24.1 Å². The van der Waals surface area contributed by atoms with E-state index in [-0.39, 0.29) is 38.2 Å². The molecule has 68 valence electrons. The summed E-state index contributed by atoms with van der Waals surface area (Å²) in [5.74, 6) is -3.54. The Hall–Kier alpha value is 0.133. The van der Waals surface area contributed by atoms with Crippen molar-refractivity contribution in [1.82, 2.24) is 0 Å². The molecule has 0 rings (SSSR count). The Morgan fingerprint density at radius 2 is 1.09 bits per heavy atom. The van der Waals surface area contributed by atoms with E-state index >= 15 is 0 Å². The first-order chi connectivity index (χ1) is 4.46. The van der Waals surface area contributed by atoms with Crippen LogP contribution in [0.3, 0.4) is 0 Å². The number of aliphatic carboxylic acids is 2. The van der Waals surface area contributed by atoms with E-state index in [4.69, 9.17) is 20.4 Å². The average Bonchev–Trinajstić information content (AvgIpc) is 1.84. The molecule has 7 heteroatoms. The predicted molar refractivity (Wildman–Crippen MR) is 27.3 cm³/mol. The van der Waals surface area contributed by atoms with Gasteiger partial charge < -0.3 is 20.4 Å². The Morgan fingerprint density at radius 3 is 1.18 bits per heavy atom. The first-order valence-electron chi connectivity index (χ1n) is 2.28. The van der Waals surface area contributed by atoms with Gasteiger partial charge in [0.25, 0.3) is 0 Å². The molecule has 0 saturated heterocycles. The molecule has 0 aliphatic heterocycles. The van der Waals surface area contributed by atoms with Gasteiger partial charge in [0.2, 0.25) is 0 Å². The molecule has 2 unspecified atom stereocenters. The second kappa shape index (κ2) is 5.74. The number of hydrogen-bond acceptors (Lipinski definition) is 4. The Morgan fingerprint density at radius 1 is 0.909 bits per heavy atom. The molecule has 0 aromatic rings. The summed E-state index contributed by atoms with van der Waals surface area (Å²) in [6.45, 7) is 0. The van der Waals surface area contributed by atoms with Crippen LogP contribution in [0.4, 0.5) is 0 Å². The molecule has 0 heterocycles. The topological polar surface area (TPSA) is 115 Å². The molecule has 0 aromatic heterocycles. The van der Waals surface area contributed by atoms with Gasteiger partial charge in [-0.3, -0.25) is 0 Å². The Bertz CT molecular complexity index is 139. The summed E-state index contributed by atoms with van der Waals surface area (Å²) in [4.78, 5) is 19.5. The summed E-state index contributed by atoms with van der Waals surface area (Å²) in [5.41, 5.74) is 0. The Labute approximate surface area is 91.9 Å². The largest absolute Gasteiger partial charge is 0.479 e. The number of carbonyl (C=O) groups is 2. The maximum Gasteiger partial charge on any atom is 0.335 e. The monoisotopic (exact) mass is 314 g/mol. The molecule has 0 aliphatic carbocycles. The number of aliphatic hydroxyl groups excluding tert-OH is 2. The van der Waals surface area contributed by atoms with Crippen molar-refractivity contribution in [1.29, 1.82) is 0 Å². The minimum Gasteiger partial charge on any atom is -0.479 e. The van der Waals surface area contributed by atoms with Crippen LogP contribution in [0.25, 0.3) is 0 Å². The fraction of sp³-hybridized carbons (Fsp3) is 0.500. The molecule has 6 nitrogen and oxygen atoms in total. The molecule has 0 aliphatic rings. The number of hydrogen-bond donors (Lipinski definition) is 4. The fourth-order valence-corrected chi connectivity index (χ4v) is 0.270. The maximum absolute atomic E-state index is 9.77. The van der Waals surface area contributed by atoms with E-state index in [0.29, 0.717) is 0 Å². The summed E-state index contributed by atoms with van der Waals surface area (Å²) < 4.78 is 0. The predicted octanol–water partition coefficient (Wildman–Crippen LogP) is -2.12. The Kier molecular flexibility index (Phi) is 7.15. The van der Waals surface area contributed by atoms with Crippen LogP contribution in [0.5, 0.6) is 0 Å². The van der Waals surface area contributed by atoms with Crippen LogP contribution in [0.2, 0.25) is 0 Å². The van der Waals surface area contributed by atoms with Gasteiger partial charge in [-0.15, -0.1) is 0 Å². The van der Waals surface area contributed by atoms with Gasteiger partial charge in [-0.2, -0.15) is 0 Å². The second-order valence-corrected chi connectivity index (χ2v) is 1.57. The third kappa shape index (κ3) is 4.55. The van der Waals surface area contributed by atoms with Gasteiger partial charge in [0, 0.05) is 38.2 Å². The molecular weight excluding hydrogens is 307 g/mol. The molecule has 4 N–H and O–H groups in total. The van der Waals surface area contributed by atoms with Crippen molar-refractivity contribution in [2.24, 2.45) is 0 Å². The van der Waals surface area contributed by atoms with Gasteiger partial charge in [0.1, 0.15) is 0 Å². The van der Waals surface area contributed by atoms with Crippen LogP contribution >= 0.6 is 0 Å². The zero-order chi connectivity index (χ0) is 8.31. The third-order valence-electron chi connectivity index (χ3n) is 0.805. The van der Waals surface area contributed by atoms with Crippen molar-refractivity contribution in [2.45, 2.75) is 12.2 Å². The van der Waals surface area contributed by atoms with E-state index in [9.17, 15) is 9.59 Å². The van der Waals surface area contributed by atoms with E-state index in [1.54, 1.807) is 0 Å². The van der Waals surface area contributed by atoms with Crippen molar-refractivity contribution in [2.75, 3.05) is 0 Å². The van der Waals surface area contributed by atoms with Crippen molar-refractivity contribution in [3.05, 3.63) is 0 Å². The molecule has 0 radical (unpaired) electrons. The van der Waals surface area contributed by atoms with Gasteiger partial charge in [0.05, 0.1) is 0 Å². The number of carboxylic acids is 2. The van der Waals surface area contributed by atoms with Gasteiger partial charge in [-0.25, -0.2) is 9.59 Å². The van der Waals surface area contributed by atoms with E-state index in [2.05, 4.69) is 0 Å². The average molecular weight is 313 g/mol. The number of aliphatic hydroxyl groups is 2. The van der Waals surface area contributed by atoms with Crippen LogP contribution in [0.1, 0.15) is 0 Å². The van der Waals surface area contributed by atoms with Gasteiger partial charge >= 0.3 is 11.9 Å². The molecule has 2 atom stereocenters. The van der Waals surface area contributed by atoms with Gasteiger partial charge in [-0.05, 0) is 0 Å². The van der Waals surface area contributed by atoms with Crippen LogP contribution in [-0.4, -0.2) is 44.6 Å². The van der Waals surface area contributed by atoms with Crippen LogP contribution in [0, 0.1) is 38.2 Å². The number of carboxylic acid groups (broad SMARTS) is 2. The van der Waals surface area contributed by atoms with E-state index in [0.717, 1.165) is 0 Å². The first kappa shape index (κ1) is 13.7. The SMILES string of the molecule is O=C(O)C(O)C(O)C(=O)O.[Dy]. The summed E-state index contributed by atoms with van der Waals surface area (Å²) in [7, 11) is 0. The standard InChI is InChI=1S/C4H6O6.Dy/c5-1(3(7)8)2(6)4(9)10;/h1-2,5-6H,(H,7,8)(H,9,10);. The minimum atomic E-state index is -2.27. The van der Waals surface area contributed by atoms with Crippen LogP contribution in [-0.2, 0) is 9.59 Å². The molecule has 0 fully saturated rings. The van der Waals surface area contributed by atoms with Gasteiger partial charge in [-0.1, -0.05) is 0 Å². The Balaban J connectivity index is 0. The molecular formula is C4H6DyO6. The summed E-state index contributed by atoms with van der Waals surface area (Å²) in [6, 6.07) is 0. The van der Waals surface area contributed by atoms with Crippen molar-refractivity contribution in [3.8, 4) is 0 Å². The van der Waals surface area contributed by atoms with E-state index in [1.807, 2.05) is 0 Å². The zero-order valence-electron chi connectivity index (χ0n) is 5.08. The second-order valence-electron chi connectivity index (χ2n) is 1.57. The maximum atomic E-state index is 9.77. The quantitative estimate of drug-likeness (QED) is 0.473. The molecule has 0 aromatic carbocycles. The van der Waals surface area contributed by atoms with Gasteiger partial charge in [0.15, 0.2) is 12.2 Å². The van der Waals surface area contributed by atoms with Crippen LogP contribution in [0.15, 0.2) is 0 Å². The smallest absolute Gasteiger partial charge is 0.335 e. The summed E-state index contributed by atoms with van der Waals surface area (Å²) in [5, 5.41) is 32.5. The molecule has 11 heavy (non-hydrogen) atoms. The fourth-order valence-electron chi connectivity index (χ4n) is 0.270.